The normalized spacial score (nSPS) is 15.3. The summed E-state index contributed by atoms with van der Waals surface area (Å²) in [4.78, 5) is 18.3. The van der Waals surface area contributed by atoms with Gasteiger partial charge in [0, 0.05) is 23.2 Å². The number of thiazole rings is 1. The van der Waals surface area contributed by atoms with E-state index in [0.717, 1.165) is 27.5 Å². The van der Waals surface area contributed by atoms with Gasteiger partial charge in [0.25, 0.3) is 5.91 Å². The summed E-state index contributed by atoms with van der Waals surface area (Å²) in [5.74, 6) is -0.458. The SMILES string of the molecule is Cc1nc(-c2ccc3c(c2)CCN3C(=O)[C@H](C)OCC(F)(F)F)cs1. The molecule has 1 aliphatic heterocycles. The number of aromatic nitrogens is 1. The number of nitrogens with zero attached hydrogens (tertiary/aromatic N) is 2. The van der Waals surface area contributed by atoms with Gasteiger partial charge in [0.1, 0.15) is 12.7 Å². The van der Waals surface area contributed by atoms with Crippen LogP contribution in [0.2, 0.25) is 0 Å². The van der Waals surface area contributed by atoms with Crippen molar-refractivity contribution in [3.8, 4) is 11.3 Å². The van der Waals surface area contributed by atoms with E-state index in [2.05, 4.69) is 9.72 Å². The van der Waals surface area contributed by atoms with Crippen molar-refractivity contribution in [2.45, 2.75) is 32.5 Å². The van der Waals surface area contributed by atoms with Crippen molar-refractivity contribution in [3.63, 3.8) is 0 Å². The fourth-order valence-electron chi connectivity index (χ4n) is 2.80. The Bertz CT molecular complexity index is 788. The molecule has 0 aliphatic carbocycles. The number of anilines is 1. The molecule has 1 aromatic carbocycles. The maximum Gasteiger partial charge on any atom is 0.411 e. The first-order chi connectivity index (χ1) is 11.7. The summed E-state index contributed by atoms with van der Waals surface area (Å²) in [6.07, 6.45) is -4.93. The van der Waals surface area contributed by atoms with Gasteiger partial charge in [-0.25, -0.2) is 4.98 Å². The minimum Gasteiger partial charge on any atom is -0.359 e. The van der Waals surface area contributed by atoms with Crippen LogP contribution in [0.5, 0.6) is 0 Å². The molecule has 1 aliphatic rings. The van der Waals surface area contributed by atoms with Gasteiger partial charge in [-0.1, -0.05) is 6.07 Å². The molecular weight excluding hydrogens is 353 g/mol. The summed E-state index contributed by atoms with van der Waals surface area (Å²) >= 11 is 1.57. The fraction of sp³-hybridized carbons (Fsp3) is 0.412. The van der Waals surface area contributed by atoms with Crippen LogP contribution < -0.4 is 4.90 Å². The standard InChI is InChI=1S/C17H17F3N2O2S/c1-10(24-9-17(18,19)20)16(23)22-6-5-13-7-12(3-4-15(13)22)14-8-25-11(2)21-14/h3-4,7-8,10H,5-6,9H2,1-2H3/t10-/m0/s1. The van der Waals surface area contributed by atoms with Crippen molar-refractivity contribution < 1.29 is 22.7 Å². The number of alkyl halides is 3. The van der Waals surface area contributed by atoms with Gasteiger partial charge in [0.05, 0.1) is 10.7 Å². The Morgan fingerprint density at radius 2 is 2.20 bits per heavy atom. The number of benzene rings is 1. The lowest BCUT2D eigenvalue weighted by Gasteiger charge is -2.22. The number of fused-ring (bicyclic) bond motifs is 1. The minimum atomic E-state index is -4.45. The molecule has 0 bridgehead atoms. The molecule has 0 fully saturated rings. The third-order valence-electron chi connectivity index (χ3n) is 4.00. The van der Waals surface area contributed by atoms with Gasteiger partial charge < -0.3 is 9.64 Å². The van der Waals surface area contributed by atoms with Crippen LogP contribution in [0.15, 0.2) is 23.6 Å². The third kappa shape index (κ3) is 4.01. The third-order valence-corrected chi connectivity index (χ3v) is 4.77. The molecule has 0 radical (unpaired) electrons. The lowest BCUT2D eigenvalue weighted by atomic mass is 10.1. The van der Waals surface area contributed by atoms with E-state index in [4.69, 9.17) is 0 Å². The maximum atomic E-state index is 12.4. The quantitative estimate of drug-likeness (QED) is 0.818. The summed E-state index contributed by atoms with van der Waals surface area (Å²) in [5.41, 5.74) is 3.57. The highest BCUT2D eigenvalue weighted by Crippen LogP contribution is 2.33. The predicted molar refractivity (Wildman–Crippen MR) is 89.8 cm³/mol. The van der Waals surface area contributed by atoms with Crippen LogP contribution in [0, 0.1) is 6.92 Å². The zero-order chi connectivity index (χ0) is 18.2. The zero-order valence-corrected chi connectivity index (χ0v) is 14.6. The second-order valence-electron chi connectivity index (χ2n) is 5.90. The zero-order valence-electron chi connectivity index (χ0n) is 13.8. The number of amides is 1. The Morgan fingerprint density at radius 3 is 2.84 bits per heavy atom. The topological polar surface area (TPSA) is 42.4 Å². The molecule has 1 atom stereocenters. The lowest BCUT2D eigenvalue weighted by Crippen LogP contribution is -2.39. The predicted octanol–water partition coefficient (Wildman–Crippen LogP) is 3.98. The van der Waals surface area contributed by atoms with E-state index < -0.39 is 24.8 Å². The molecule has 134 valence electrons. The van der Waals surface area contributed by atoms with Crippen LogP contribution >= 0.6 is 11.3 Å². The van der Waals surface area contributed by atoms with Crippen LogP contribution in [0.25, 0.3) is 11.3 Å². The minimum absolute atomic E-state index is 0.438. The highest BCUT2D eigenvalue weighted by molar-refractivity contribution is 7.09. The van der Waals surface area contributed by atoms with E-state index >= 15 is 0 Å². The lowest BCUT2D eigenvalue weighted by molar-refractivity contribution is -0.185. The maximum absolute atomic E-state index is 12.4. The van der Waals surface area contributed by atoms with E-state index in [-0.39, 0.29) is 0 Å². The van der Waals surface area contributed by atoms with Gasteiger partial charge in [0.2, 0.25) is 0 Å². The van der Waals surface area contributed by atoms with Crippen LogP contribution in [0.4, 0.5) is 18.9 Å². The van der Waals surface area contributed by atoms with Crippen LogP contribution in [0.3, 0.4) is 0 Å². The number of rotatable bonds is 4. The Hall–Kier alpha value is -1.93. The molecule has 0 N–H and O–H groups in total. The molecule has 8 heteroatoms. The summed E-state index contributed by atoms with van der Waals surface area (Å²) in [5, 5.41) is 2.95. The van der Waals surface area contributed by atoms with Crippen molar-refractivity contribution in [1.82, 2.24) is 4.98 Å². The Labute approximate surface area is 147 Å². The van der Waals surface area contributed by atoms with Gasteiger partial charge in [-0.2, -0.15) is 13.2 Å². The number of halogens is 3. The van der Waals surface area contributed by atoms with Crippen molar-refractivity contribution in [3.05, 3.63) is 34.2 Å². The highest BCUT2D eigenvalue weighted by atomic mass is 32.1. The smallest absolute Gasteiger partial charge is 0.359 e. The molecule has 0 unspecified atom stereocenters. The molecule has 0 saturated carbocycles. The molecule has 25 heavy (non-hydrogen) atoms. The molecule has 1 amide bonds. The monoisotopic (exact) mass is 370 g/mol. The molecule has 3 rings (SSSR count). The van der Waals surface area contributed by atoms with E-state index in [9.17, 15) is 18.0 Å². The van der Waals surface area contributed by atoms with Crippen molar-refractivity contribution in [1.29, 1.82) is 0 Å². The second-order valence-corrected chi connectivity index (χ2v) is 6.97. The van der Waals surface area contributed by atoms with Crippen LogP contribution in [-0.2, 0) is 16.0 Å². The Morgan fingerprint density at radius 1 is 1.44 bits per heavy atom. The number of aryl methyl sites for hydroxylation is 1. The van der Waals surface area contributed by atoms with Crippen molar-refractivity contribution in [2.75, 3.05) is 18.1 Å². The first kappa shape index (κ1) is 17.9. The number of hydrogen-bond donors (Lipinski definition) is 0. The molecule has 1 aromatic heterocycles. The molecule has 0 spiro atoms. The van der Waals surface area contributed by atoms with E-state index in [1.54, 1.807) is 11.3 Å². The number of ether oxygens (including phenoxy) is 1. The number of carbonyl (C=O) groups is 1. The number of carbonyl (C=O) groups excluding carboxylic acids is 1. The average molecular weight is 370 g/mol. The van der Waals surface area contributed by atoms with Gasteiger partial charge >= 0.3 is 6.18 Å². The summed E-state index contributed by atoms with van der Waals surface area (Å²) in [6, 6.07) is 5.68. The van der Waals surface area contributed by atoms with Crippen molar-refractivity contribution in [2.24, 2.45) is 0 Å². The second kappa shape index (κ2) is 6.76. The van der Waals surface area contributed by atoms with Gasteiger partial charge in [-0.05, 0) is 38.0 Å². The molecule has 2 aromatic rings. The van der Waals surface area contributed by atoms with Crippen LogP contribution in [-0.4, -0.2) is 36.3 Å². The molecular formula is C17H17F3N2O2S. The molecule has 2 heterocycles. The van der Waals surface area contributed by atoms with Gasteiger partial charge in [-0.3, -0.25) is 4.79 Å². The highest BCUT2D eigenvalue weighted by Gasteiger charge is 2.33. The summed E-state index contributed by atoms with van der Waals surface area (Å²) in [7, 11) is 0. The largest absolute Gasteiger partial charge is 0.411 e. The fourth-order valence-corrected chi connectivity index (χ4v) is 3.42. The van der Waals surface area contributed by atoms with Gasteiger partial charge in [0.15, 0.2) is 0 Å². The Kier molecular flexibility index (Phi) is 4.83. The number of hydrogen-bond acceptors (Lipinski definition) is 4. The summed E-state index contributed by atoms with van der Waals surface area (Å²) < 4.78 is 41.4. The molecule has 0 saturated heterocycles. The first-order valence-corrected chi connectivity index (χ1v) is 8.68. The summed E-state index contributed by atoms with van der Waals surface area (Å²) in [6.45, 7) is 2.29. The van der Waals surface area contributed by atoms with E-state index in [0.29, 0.717) is 13.0 Å². The van der Waals surface area contributed by atoms with E-state index in [1.807, 2.05) is 30.5 Å². The van der Waals surface area contributed by atoms with Crippen LogP contribution in [0.1, 0.15) is 17.5 Å². The first-order valence-electron chi connectivity index (χ1n) is 7.80. The van der Waals surface area contributed by atoms with Crippen molar-refractivity contribution >= 4 is 22.9 Å². The van der Waals surface area contributed by atoms with Gasteiger partial charge in [-0.15, -0.1) is 11.3 Å². The van der Waals surface area contributed by atoms with E-state index in [1.165, 1.54) is 11.8 Å². The average Bonchev–Trinajstić information content (AvgIpc) is 3.16. The Balaban J connectivity index is 1.74. The molecule has 4 nitrogen and oxygen atoms in total.